The molecular formula is C16H25NO2. The minimum atomic E-state index is -0.179. The van der Waals surface area contributed by atoms with E-state index in [9.17, 15) is 0 Å². The lowest BCUT2D eigenvalue weighted by atomic mass is 9.71. The van der Waals surface area contributed by atoms with Gasteiger partial charge in [-0.3, -0.25) is 0 Å². The summed E-state index contributed by atoms with van der Waals surface area (Å²) in [5, 5.41) is 3.57. The van der Waals surface area contributed by atoms with Crippen LogP contribution in [-0.2, 0) is 14.9 Å². The van der Waals surface area contributed by atoms with Gasteiger partial charge in [0, 0.05) is 26.8 Å². The lowest BCUT2D eigenvalue weighted by Gasteiger charge is -2.37. The second-order valence-corrected chi connectivity index (χ2v) is 5.87. The summed E-state index contributed by atoms with van der Waals surface area (Å²) in [7, 11) is 3.35. The molecule has 106 valence electrons. The lowest BCUT2D eigenvalue weighted by Crippen LogP contribution is -2.37. The smallest absolute Gasteiger partial charge is 0.169 e. The van der Waals surface area contributed by atoms with Crippen molar-refractivity contribution in [3.8, 4) is 0 Å². The van der Waals surface area contributed by atoms with Crippen LogP contribution in [0.3, 0.4) is 0 Å². The van der Waals surface area contributed by atoms with Gasteiger partial charge in [0.1, 0.15) is 0 Å². The molecule has 0 aromatic heterocycles. The summed E-state index contributed by atoms with van der Waals surface area (Å²) in [5.41, 5.74) is 3.16. The first-order valence-electron chi connectivity index (χ1n) is 6.97. The molecule has 0 spiro atoms. The molecular weight excluding hydrogens is 238 g/mol. The third kappa shape index (κ3) is 3.16. The highest BCUT2D eigenvalue weighted by Gasteiger charge is 2.32. The number of nitrogens with one attached hydrogen (secondary N) is 1. The Balaban J connectivity index is 2.12. The molecule has 1 aliphatic rings. The van der Waals surface area contributed by atoms with Gasteiger partial charge in [-0.2, -0.15) is 0 Å². The fourth-order valence-corrected chi connectivity index (χ4v) is 2.93. The van der Waals surface area contributed by atoms with Crippen molar-refractivity contribution in [1.29, 1.82) is 0 Å². The summed E-state index contributed by atoms with van der Waals surface area (Å²) in [6.07, 6.45) is 2.18. The first-order chi connectivity index (χ1) is 9.08. The molecule has 0 saturated heterocycles. The van der Waals surface area contributed by atoms with Crippen molar-refractivity contribution in [3.05, 3.63) is 35.4 Å². The van der Waals surface area contributed by atoms with Crippen LogP contribution in [0.2, 0.25) is 0 Å². The van der Waals surface area contributed by atoms with E-state index < -0.39 is 0 Å². The summed E-state index contributed by atoms with van der Waals surface area (Å²) < 4.78 is 10.5. The van der Waals surface area contributed by atoms with E-state index in [0.29, 0.717) is 12.6 Å². The summed E-state index contributed by atoms with van der Waals surface area (Å²) in [5.74, 6) is 0. The van der Waals surface area contributed by atoms with Crippen LogP contribution in [0.1, 0.15) is 43.9 Å². The van der Waals surface area contributed by atoms with Crippen molar-refractivity contribution in [2.45, 2.75) is 44.4 Å². The highest BCUT2D eigenvalue weighted by atomic mass is 16.7. The van der Waals surface area contributed by atoms with Gasteiger partial charge in [-0.05, 0) is 29.4 Å². The molecule has 0 heterocycles. The Morgan fingerprint density at radius 3 is 2.63 bits per heavy atom. The third-order valence-electron chi connectivity index (χ3n) is 4.18. The fraction of sp³-hybridized carbons (Fsp3) is 0.625. The first kappa shape index (κ1) is 14.5. The average Bonchev–Trinajstić information content (AvgIpc) is 2.42. The SMILES string of the molecule is COC(CNC1CCC(C)(C)c2ccccc21)OC. The van der Waals surface area contributed by atoms with Crippen molar-refractivity contribution < 1.29 is 9.47 Å². The Kier molecular flexibility index (Phi) is 4.61. The third-order valence-corrected chi connectivity index (χ3v) is 4.18. The molecule has 1 aromatic carbocycles. The molecule has 3 nitrogen and oxygen atoms in total. The highest BCUT2D eigenvalue weighted by Crippen LogP contribution is 2.41. The van der Waals surface area contributed by atoms with Gasteiger partial charge in [-0.15, -0.1) is 0 Å². The predicted octanol–water partition coefficient (Wildman–Crippen LogP) is 3.01. The second-order valence-electron chi connectivity index (χ2n) is 5.87. The molecule has 0 fully saturated rings. The molecule has 0 aliphatic heterocycles. The molecule has 3 heteroatoms. The van der Waals surface area contributed by atoms with Crippen molar-refractivity contribution in [2.75, 3.05) is 20.8 Å². The van der Waals surface area contributed by atoms with Gasteiger partial charge in [0.05, 0.1) is 0 Å². The number of rotatable bonds is 5. The summed E-state index contributed by atoms with van der Waals surface area (Å²) in [6, 6.07) is 9.15. The Morgan fingerprint density at radius 2 is 1.95 bits per heavy atom. The number of fused-ring (bicyclic) bond motifs is 1. The molecule has 0 radical (unpaired) electrons. The summed E-state index contributed by atoms with van der Waals surface area (Å²) in [4.78, 5) is 0. The molecule has 1 aromatic rings. The van der Waals surface area contributed by atoms with Crippen LogP contribution in [0.5, 0.6) is 0 Å². The van der Waals surface area contributed by atoms with Gasteiger partial charge < -0.3 is 14.8 Å². The number of hydrogen-bond donors (Lipinski definition) is 1. The zero-order chi connectivity index (χ0) is 13.9. The fourth-order valence-electron chi connectivity index (χ4n) is 2.93. The Morgan fingerprint density at radius 1 is 1.26 bits per heavy atom. The van der Waals surface area contributed by atoms with Gasteiger partial charge in [-0.1, -0.05) is 38.1 Å². The van der Waals surface area contributed by atoms with Crippen LogP contribution >= 0.6 is 0 Å². The molecule has 0 bridgehead atoms. The van der Waals surface area contributed by atoms with Gasteiger partial charge in [0.2, 0.25) is 0 Å². The van der Waals surface area contributed by atoms with Crippen molar-refractivity contribution >= 4 is 0 Å². The molecule has 0 amide bonds. The largest absolute Gasteiger partial charge is 0.355 e. The molecule has 19 heavy (non-hydrogen) atoms. The van der Waals surface area contributed by atoms with Gasteiger partial charge >= 0.3 is 0 Å². The standard InChI is InChI=1S/C16H25NO2/c1-16(2)10-9-14(17-11-15(18-3)19-4)12-7-5-6-8-13(12)16/h5-8,14-15,17H,9-11H2,1-4H3. The molecule has 1 N–H and O–H groups in total. The zero-order valence-electron chi connectivity index (χ0n) is 12.4. The Labute approximate surface area is 116 Å². The number of methoxy groups -OCH3 is 2. The van der Waals surface area contributed by atoms with E-state index in [0.717, 1.165) is 6.42 Å². The van der Waals surface area contributed by atoms with Crippen LogP contribution in [0.4, 0.5) is 0 Å². The van der Waals surface area contributed by atoms with Crippen molar-refractivity contribution in [3.63, 3.8) is 0 Å². The maximum atomic E-state index is 5.23. The second kappa shape index (κ2) is 6.04. The molecule has 1 aliphatic carbocycles. The Bertz CT molecular complexity index is 413. The minimum Gasteiger partial charge on any atom is -0.355 e. The number of hydrogen-bond acceptors (Lipinski definition) is 3. The predicted molar refractivity (Wildman–Crippen MR) is 77.3 cm³/mol. The van der Waals surface area contributed by atoms with E-state index in [2.05, 4.69) is 43.4 Å². The Hall–Kier alpha value is -0.900. The summed E-state index contributed by atoms with van der Waals surface area (Å²) >= 11 is 0. The molecule has 2 rings (SSSR count). The first-order valence-corrected chi connectivity index (χ1v) is 6.97. The number of ether oxygens (including phenoxy) is 2. The van der Waals surface area contributed by atoms with Crippen molar-refractivity contribution in [2.24, 2.45) is 0 Å². The highest BCUT2D eigenvalue weighted by molar-refractivity contribution is 5.38. The van der Waals surface area contributed by atoms with Gasteiger partial charge in [0.15, 0.2) is 6.29 Å². The van der Waals surface area contributed by atoms with Crippen LogP contribution in [0, 0.1) is 0 Å². The van der Waals surface area contributed by atoms with E-state index in [1.807, 2.05) is 0 Å². The zero-order valence-corrected chi connectivity index (χ0v) is 12.4. The normalized spacial score (nSPS) is 21.4. The minimum absolute atomic E-state index is 0.179. The van der Waals surface area contributed by atoms with Crippen LogP contribution in [0.25, 0.3) is 0 Å². The van der Waals surface area contributed by atoms with Crippen LogP contribution in [-0.4, -0.2) is 27.1 Å². The molecule has 1 unspecified atom stereocenters. The quantitative estimate of drug-likeness (QED) is 0.828. The lowest BCUT2D eigenvalue weighted by molar-refractivity contribution is -0.100. The van der Waals surface area contributed by atoms with Crippen LogP contribution < -0.4 is 5.32 Å². The maximum Gasteiger partial charge on any atom is 0.169 e. The van der Waals surface area contributed by atoms with Gasteiger partial charge in [0.25, 0.3) is 0 Å². The van der Waals surface area contributed by atoms with Crippen molar-refractivity contribution in [1.82, 2.24) is 5.32 Å². The number of benzene rings is 1. The summed E-state index contributed by atoms with van der Waals surface area (Å²) in [6.45, 7) is 5.37. The van der Waals surface area contributed by atoms with Crippen LogP contribution in [0.15, 0.2) is 24.3 Å². The van der Waals surface area contributed by atoms with E-state index >= 15 is 0 Å². The molecule has 0 saturated carbocycles. The molecule has 1 atom stereocenters. The average molecular weight is 263 g/mol. The van der Waals surface area contributed by atoms with E-state index in [1.54, 1.807) is 14.2 Å². The monoisotopic (exact) mass is 263 g/mol. The topological polar surface area (TPSA) is 30.5 Å². The van der Waals surface area contributed by atoms with Gasteiger partial charge in [-0.25, -0.2) is 0 Å². The van der Waals surface area contributed by atoms with E-state index in [1.165, 1.54) is 17.5 Å². The maximum absolute atomic E-state index is 5.23. The van der Waals surface area contributed by atoms with E-state index in [-0.39, 0.29) is 11.7 Å². The van der Waals surface area contributed by atoms with E-state index in [4.69, 9.17) is 9.47 Å².